The highest BCUT2D eigenvalue weighted by Gasteiger charge is 2.32. The van der Waals surface area contributed by atoms with Gasteiger partial charge in [0.2, 0.25) is 10.0 Å². The van der Waals surface area contributed by atoms with Gasteiger partial charge in [0.15, 0.2) is 0 Å². The van der Waals surface area contributed by atoms with Crippen LogP contribution in [0.15, 0.2) is 53.4 Å². The number of aryl methyl sites for hydroxylation is 1. The van der Waals surface area contributed by atoms with Crippen molar-refractivity contribution in [3.63, 3.8) is 0 Å². The van der Waals surface area contributed by atoms with E-state index in [1.165, 1.54) is 4.31 Å². The molecule has 0 N–H and O–H groups in total. The molecule has 0 spiro atoms. The van der Waals surface area contributed by atoms with Gasteiger partial charge in [-0.2, -0.15) is 4.31 Å². The van der Waals surface area contributed by atoms with Crippen LogP contribution in [0.4, 0.5) is 0 Å². The zero-order chi connectivity index (χ0) is 15.7. The molecule has 1 heterocycles. The van der Waals surface area contributed by atoms with Gasteiger partial charge in [-0.15, -0.1) is 0 Å². The molecular weight excluding hydrogens is 298 g/mol. The Hall–Kier alpha value is -1.85. The minimum absolute atomic E-state index is 0.199. The summed E-state index contributed by atoms with van der Waals surface area (Å²) in [6, 6.07) is 14.4. The standard InChI is InChI=1S/C17H19NO3S/c1-13-6-5-7-14(12-13)22(19,20)18(2)16-10-11-21-17-9-4-3-8-15(16)17/h3-9,12,16H,10-11H2,1-2H3. The first kappa shape index (κ1) is 15.1. The Balaban J connectivity index is 1.99. The first-order valence-electron chi connectivity index (χ1n) is 7.26. The Morgan fingerprint density at radius 2 is 1.91 bits per heavy atom. The molecule has 2 aromatic rings. The van der Waals surface area contributed by atoms with Crippen LogP contribution in [0.5, 0.6) is 5.75 Å². The predicted octanol–water partition coefficient (Wildman–Crippen LogP) is 3.14. The van der Waals surface area contributed by atoms with Crippen molar-refractivity contribution in [3.8, 4) is 5.75 Å². The summed E-state index contributed by atoms with van der Waals surface area (Å²) in [5.41, 5.74) is 1.86. The molecule has 0 fully saturated rings. The molecule has 0 radical (unpaired) electrons. The van der Waals surface area contributed by atoms with Gasteiger partial charge in [0.25, 0.3) is 0 Å². The Bertz CT molecular complexity index is 786. The largest absolute Gasteiger partial charge is 0.493 e. The molecule has 0 saturated heterocycles. The molecular formula is C17H19NO3S. The van der Waals surface area contributed by atoms with Gasteiger partial charge in [0, 0.05) is 19.0 Å². The third-order valence-electron chi connectivity index (χ3n) is 4.03. The van der Waals surface area contributed by atoms with E-state index >= 15 is 0 Å². The van der Waals surface area contributed by atoms with Crippen LogP contribution in [-0.4, -0.2) is 26.4 Å². The minimum Gasteiger partial charge on any atom is -0.493 e. The number of para-hydroxylation sites is 1. The lowest BCUT2D eigenvalue weighted by Gasteiger charge is -2.32. The van der Waals surface area contributed by atoms with Crippen LogP contribution in [0.25, 0.3) is 0 Å². The maximum absolute atomic E-state index is 12.9. The zero-order valence-corrected chi connectivity index (χ0v) is 13.5. The number of sulfonamides is 1. The number of benzene rings is 2. The topological polar surface area (TPSA) is 46.6 Å². The molecule has 0 amide bonds. The van der Waals surface area contributed by atoms with Gasteiger partial charge in [0.1, 0.15) is 5.75 Å². The van der Waals surface area contributed by atoms with Crippen molar-refractivity contribution in [3.05, 3.63) is 59.7 Å². The summed E-state index contributed by atoms with van der Waals surface area (Å²) in [7, 11) is -1.88. The van der Waals surface area contributed by atoms with Gasteiger partial charge < -0.3 is 4.74 Å². The number of hydrogen-bond acceptors (Lipinski definition) is 3. The van der Waals surface area contributed by atoms with E-state index in [-0.39, 0.29) is 6.04 Å². The van der Waals surface area contributed by atoms with E-state index < -0.39 is 10.0 Å². The van der Waals surface area contributed by atoms with Gasteiger partial charge in [-0.1, -0.05) is 30.3 Å². The molecule has 22 heavy (non-hydrogen) atoms. The Labute approximate surface area is 131 Å². The van der Waals surface area contributed by atoms with E-state index in [1.54, 1.807) is 25.2 Å². The van der Waals surface area contributed by atoms with Gasteiger partial charge in [-0.3, -0.25) is 0 Å². The van der Waals surface area contributed by atoms with Crippen LogP contribution in [0.1, 0.15) is 23.6 Å². The van der Waals surface area contributed by atoms with E-state index in [4.69, 9.17) is 4.74 Å². The number of nitrogens with zero attached hydrogens (tertiary/aromatic N) is 1. The lowest BCUT2D eigenvalue weighted by Crippen LogP contribution is -2.34. The molecule has 3 rings (SSSR count). The maximum atomic E-state index is 12.9. The molecule has 4 nitrogen and oxygen atoms in total. The summed E-state index contributed by atoms with van der Waals surface area (Å²) >= 11 is 0. The lowest BCUT2D eigenvalue weighted by atomic mass is 10.0. The van der Waals surface area contributed by atoms with Crippen LogP contribution in [0.3, 0.4) is 0 Å². The fourth-order valence-electron chi connectivity index (χ4n) is 2.81. The number of fused-ring (bicyclic) bond motifs is 1. The molecule has 0 bridgehead atoms. The second-order valence-corrected chi connectivity index (χ2v) is 7.53. The van der Waals surface area contributed by atoms with Gasteiger partial charge >= 0.3 is 0 Å². The molecule has 116 valence electrons. The fourth-order valence-corrected chi connectivity index (χ4v) is 4.28. The normalized spacial score (nSPS) is 17.9. The number of ether oxygens (including phenoxy) is 1. The van der Waals surface area contributed by atoms with E-state index in [0.29, 0.717) is 17.9 Å². The van der Waals surface area contributed by atoms with E-state index in [9.17, 15) is 8.42 Å². The highest BCUT2D eigenvalue weighted by molar-refractivity contribution is 7.89. The van der Waals surface area contributed by atoms with Crippen molar-refractivity contribution < 1.29 is 13.2 Å². The second kappa shape index (κ2) is 5.74. The lowest BCUT2D eigenvalue weighted by molar-refractivity contribution is 0.221. The van der Waals surface area contributed by atoms with Gasteiger partial charge in [0.05, 0.1) is 17.5 Å². The third kappa shape index (κ3) is 2.62. The summed E-state index contributed by atoms with van der Waals surface area (Å²) in [5.74, 6) is 0.769. The predicted molar refractivity (Wildman–Crippen MR) is 85.4 cm³/mol. The molecule has 5 heteroatoms. The molecule has 0 saturated carbocycles. The average Bonchev–Trinajstić information content (AvgIpc) is 2.53. The fraction of sp³-hybridized carbons (Fsp3) is 0.294. The van der Waals surface area contributed by atoms with Crippen LogP contribution < -0.4 is 4.74 Å². The average molecular weight is 317 g/mol. The summed E-state index contributed by atoms with van der Waals surface area (Å²) in [6.45, 7) is 2.41. The van der Waals surface area contributed by atoms with Crippen molar-refractivity contribution in [1.82, 2.24) is 4.31 Å². The smallest absolute Gasteiger partial charge is 0.243 e. The molecule has 0 aromatic heterocycles. The molecule has 1 aliphatic heterocycles. The molecule has 0 aliphatic carbocycles. The van der Waals surface area contributed by atoms with Crippen molar-refractivity contribution in [1.29, 1.82) is 0 Å². The highest BCUT2D eigenvalue weighted by atomic mass is 32.2. The van der Waals surface area contributed by atoms with E-state index in [1.807, 2.05) is 37.3 Å². The quantitative estimate of drug-likeness (QED) is 0.874. The molecule has 2 aromatic carbocycles. The summed E-state index contributed by atoms with van der Waals surface area (Å²) in [4.78, 5) is 0.332. The third-order valence-corrected chi connectivity index (χ3v) is 5.89. The Kier molecular flexibility index (Phi) is 3.93. The van der Waals surface area contributed by atoms with Crippen LogP contribution >= 0.6 is 0 Å². The SMILES string of the molecule is Cc1cccc(S(=O)(=O)N(C)C2CCOc3ccccc32)c1. The van der Waals surface area contributed by atoms with Crippen molar-refractivity contribution in [2.75, 3.05) is 13.7 Å². The Morgan fingerprint density at radius 3 is 2.68 bits per heavy atom. The van der Waals surface area contributed by atoms with Crippen molar-refractivity contribution in [2.45, 2.75) is 24.3 Å². The molecule has 1 atom stereocenters. The van der Waals surface area contributed by atoms with E-state index in [0.717, 1.165) is 16.9 Å². The van der Waals surface area contributed by atoms with Crippen LogP contribution in [-0.2, 0) is 10.0 Å². The Morgan fingerprint density at radius 1 is 1.14 bits per heavy atom. The zero-order valence-electron chi connectivity index (χ0n) is 12.7. The van der Waals surface area contributed by atoms with Gasteiger partial charge in [-0.25, -0.2) is 8.42 Å². The van der Waals surface area contributed by atoms with Crippen LogP contribution in [0.2, 0.25) is 0 Å². The first-order valence-corrected chi connectivity index (χ1v) is 8.70. The van der Waals surface area contributed by atoms with Crippen molar-refractivity contribution >= 4 is 10.0 Å². The first-order chi connectivity index (χ1) is 10.5. The monoisotopic (exact) mass is 317 g/mol. The number of hydrogen-bond donors (Lipinski definition) is 0. The maximum Gasteiger partial charge on any atom is 0.243 e. The molecule has 1 unspecified atom stereocenters. The molecule has 1 aliphatic rings. The summed E-state index contributed by atoms with van der Waals surface area (Å²) < 4.78 is 32.8. The second-order valence-electron chi connectivity index (χ2n) is 5.53. The highest BCUT2D eigenvalue weighted by Crippen LogP contribution is 2.37. The minimum atomic E-state index is -3.53. The van der Waals surface area contributed by atoms with Crippen LogP contribution in [0, 0.1) is 6.92 Å². The summed E-state index contributed by atoms with van der Waals surface area (Å²) in [6.07, 6.45) is 0.651. The summed E-state index contributed by atoms with van der Waals surface area (Å²) in [5, 5.41) is 0. The van der Waals surface area contributed by atoms with Crippen molar-refractivity contribution in [2.24, 2.45) is 0 Å². The number of rotatable bonds is 3. The van der Waals surface area contributed by atoms with Gasteiger partial charge in [-0.05, 0) is 30.7 Å². The van der Waals surface area contributed by atoms with E-state index in [2.05, 4.69) is 0 Å².